The Hall–Kier alpha value is -3.55. The minimum Gasteiger partial charge on any atom is -0.347 e. The highest BCUT2D eigenvalue weighted by Crippen LogP contribution is 2.16. The number of carbonyl (C=O) groups is 1. The van der Waals surface area contributed by atoms with E-state index in [0.29, 0.717) is 17.6 Å². The van der Waals surface area contributed by atoms with Crippen LogP contribution in [-0.4, -0.2) is 41.0 Å². The number of pyridine rings is 2. The molecule has 1 aliphatic rings. The van der Waals surface area contributed by atoms with Gasteiger partial charge in [-0.3, -0.25) is 9.78 Å². The maximum atomic E-state index is 12.6. The first kappa shape index (κ1) is 15.7. The SMILES string of the molecule is O=C(NC1Cc2cncn2C1)c1cnc2c(c1)ncn2Cc1ccccn1. The predicted molar refractivity (Wildman–Crippen MR) is 98.1 cm³/mol. The number of nitrogens with one attached hydrogen (secondary N) is 1. The molecule has 1 amide bonds. The van der Waals surface area contributed by atoms with Crippen LogP contribution in [0.3, 0.4) is 0 Å². The van der Waals surface area contributed by atoms with E-state index in [1.807, 2.05) is 29.0 Å². The molecular weight excluding hydrogens is 342 g/mol. The molecule has 0 radical (unpaired) electrons. The Morgan fingerprint density at radius 3 is 3.00 bits per heavy atom. The minimum absolute atomic E-state index is 0.0768. The molecule has 134 valence electrons. The maximum Gasteiger partial charge on any atom is 0.253 e. The van der Waals surface area contributed by atoms with Gasteiger partial charge in [-0.05, 0) is 18.2 Å². The smallest absolute Gasteiger partial charge is 0.253 e. The second kappa shape index (κ2) is 6.31. The average molecular weight is 359 g/mol. The average Bonchev–Trinajstić information content (AvgIpc) is 3.37. The normalized spacial score (nSPS) is 15.8. The molecule has 1 N–H and O–H groups in total. The van der Waals surface area contributed by atoms with Crippen LogP contribution < -0.4 is 5.32 Å². The first-order valence-corrected chi connectivity index (χ1v) is 8.77. The van der Waals surface area contributed by atoms with Crippen LogP contribution in [0.15, 0.2) is 55.5 Å². The highest BCUT2D eigenvalue weighted by molar-refractivity contribution is 5.96. The second-order valence-corrected chi connectivity index (χ2v) is 6.67. The number of amides is 1. The van der Waals surface area contributed by atoms with E-state index in [4.69, 9.17) is 0 Å². The zero-order valence-corrected chi connectivity index (χ0v) is 14.5. The molecule has 0 bridgehead atoms. The van der Waals surface area contributed by atoms with Crippen molar-refractivity contribution < 1.29 is 4.79 Å². The van der Waals surface area contributed by atoms with Crippen LogP contribution in [0.25, 0.3) is 11.2 Å². The van der Waals surface area contributed by atoms with E-state index in [1.165, 1.54) is 0 Å². The largest absolute Gasteiger partial charge is 0.347 e. The molecule has 0 aliphatic carbocycles. The molecule has 0 saturated heterocycles. The lowest BCUT2D eigenvalue weighted by molar-refractivity contribution is 0.0936. The van der Waals surface area contributed by atoms with E-state index in [9.17, 15) is 4.79 Å². The molecular formula is C19H17N7O. The second-order valence-electron chi connectivity index (χ2n) is 6.67. The number of hydrogen-bond donors (Lipinski definition) is 1. The number of imidazole rings is 2. The minimum atomic E-state index is -0.132. The molecule has 1 atom stereocenters. The Morgan fingerprint density at radius 1 is 1.19 bits per heavy atom. The predicted octanol–water partition coefficient (Wildman–Crippen LogP) is 1.43. The van der Waals surface area contributed by atoms with Crippen molar-refractivity contribution in [3.8, 4) is 0 Å². The summed E-state index contributed by atoms with van der Waals surface area (Å²) in [6.45, 7) is 1.33. The van der Waals surface area contributed by atoms with Gasteiger partial charge >= 0.3 is 0 Å². The lowest BCUT2D eigenvalue weighted by Crippen LogP contribution is -2.36. The Kier molecular flexibility index (Phi) is 3.67. The fourth-order valence-corrected chi connectivity index (χ4v) is 3.46. The summed E-state index contributed by atoms with van der Waals surface area (Å²) >= 11 is 0. The monoisotopic (exact) mass is 359 g/mol. The fourth-order valence-electron chi connectivity index (χ4n) is 3.46. The molecule has 0 fully saturated rings. The highest BCUT2D eigenvalue weighted by Gasteiger charge is 2.23. The molecule has 1 aliphatic heterocycles. The number of nitrogens with zero attached hydrogens (tertiary/aromatic N) is 6. The molecule has 8 nitrogen and oxygen atoms in total. The van der Waals surface area contributed by atoms with Crippen molar-refractivity contribution in [3.05, 3.63) is 72.5 Å². The summed E-state index contributed by atoms with van der Waals surface area (Å²) in [5.41, 5.74) is 4.02. The molecule has 0 aromatic carbocycles. The first-order chi connectivity index (χ1) is 13.3. The third kappa shape index (κ3) is 2.95. The topological polar surface area (TPSA) is 90.5 Å². The molecule has 0 saturated carbocycles. The lowest BCUT2D eigenvalue weighted by atomic mass is 10.2. The molecule has 1 unspecified atom stereocenters. The Bertz CT molecular complexity index is 1100. The lowest BCUT2D eigenvalue weighted by Gasteiger charge is -2.11. The maximum absolute atomic E-state index is 12.6. The number of rotatable bonds is 4. The first-order valence-electron chi connectivity index (χ1n) is 8.77. The summed E-state index contributed by atoms with van der Waals surface area (Å²) in [6.07, 6.45) is 9.52. The molecule has 4 aromatic heterocycles. The third-order valence-corrected chi connectivity index (χ3v) is 4.78. The molecule has 5 heterocycles. The van der Waals surface area contributed by atoms with Gasteiger partial charge in [0.15, 0.2) is 5.65 Å². The van der Waals surface area contributed by atoms with Crippen molar-refractivity contribution in [1.82, 2.24) is 34.4 Å². The summed E-state index contributed by atoms with van der Waals surface area (Å²) < 4.78 is 3.99. The number of fused-ring (bicyclic) bond motifs is 2. The van der Waals surface area contributed by atoms with Crippen molar-refractivity contribution in [2.75, 3.05) is 0 Å². The highest BCUT2D eigenvalue weighted by atomic mass is 16.1. The van der Waals surface area contributed by atoms with Crippen molar-refractivity contribution >= 4 is 17.1 Å². The van der Waals surface area contributed by atoms with Crippen molar-refractivity contribution in [2.24, 2.45) is 0 Å². The van der Waals surface area contributed by atoms with Gasteiger partial charge in [0.25, 0.3) is 5.91 Å². The molecule has 4 aromatic rings. The van der Waals surface area contributed by atoms with Crippen LogP contribution in [0, 0.1) is 0 Å². The number of hydrogen-bond acceptors (Lipinski definition) is 5. The summed E-state index contributed by atoms with van der Waals surface area (Å²) in [7, 11) is 0. The van der Waals surface area contributed by atoms with E-state index < -0.39 is 0 Å². The summed E-state index contributed by atoms with van der Waals surface area (Å²) in [5, 5.41) is 3.07. The Labute approximate surface area is 154 Å². The van der Waals surface area contributed by atoms with Crippen molar-refractivity contribution in [2.45, 2.75) is 25.6 Å². The summed E-state index contributed by atoms with van der Waals surface area (Å²) in [4.78, 5) is 29.9. The van der Waals surface area contributed by atoms with Gasteiger partial charge in [0.2, 0.25) is 0 Å². The van der Waals surface area contributed by atoms with Gasteiger partial charge in [0, 0.05) is 37.3 Å². The fraction of sp³-hybridized carbons (Fsp3) is 0.211. The van der Waals surface area contributed by atoms with Crippen LogP contribution in [0.5, 0.6) is 0 Å². The van der Waals surface area contributed by atoms with Crippen LogP contribution in [-0.2, 0) is 19.5 Å². The van der Waals surface area contributed by atoms with E-state index in [-0.39, 0.29) is 11.9 Å². The Balaban J connectivity index is 1.33. The third-order valence-electron chi connectivity index (χ3n) is 4.78. The summed E-state index contributed by atoms with van der Waals surface area (Å²) in [5.74, 6) is -0.132. The van der Waals surface area contributed by atoms with Gasteiger partial charge in [0.05, 0.1) is 36.5 Å². The van der Waals surface area contributed by atoms with E-state index in [2.05, 4.69) is 29.8 Å². The van der Waals surface area contributed by atoms with Gasteiger partial charge in [-0.25, -0.2) is 15.0 Å². The van der Waals surface area contributed by atoms with Gasteiger partial charge in [-0.2, -0.15) is 0 Å². The van der Waals surface area contributed by atoms with Gasteiger partial charge in [0.1, 0.15) is 5.52 Å². The molecule has 0 spiro atoms. The van der Waals surface area contributed by atoms with E-state index >= 15 is 0 Å². The number of aromatic nitrogens is 6. The van der Waals surface area contributed by atoms with Gasteiger partial charge < -0.3 is 14.5 Å². The quantitative estimate of drug-likeness (QED) is 0.595. The van der Waals surface area contributed by atoms with Crippen LogP contribution in [0.4, 0.5) is 0 Å². The standard InChI is InChI=1S/C19H17N7O/c27-19(24-15-6-16-8-20-11-25(16)10-15)13-5-17-18(22-7-13)26(12-23-17)9-14-3-1-2-4-21-14/h1-5,7-8,11-12,15H,6,9-10H2,(H,24,27). The molecule has 8 heteroatoms. The van der Waals surface area contributed by atoms with Crippen LogP contribution >= 0.6 is 0 Å². The van der Waals surface area contributed by atoms with Crippen molar-refractivity contribution in [3.63, 3.8) is 0 Å². The van der Waals surface area contributed by atoms with Crippen molar-refractivity contribution in [1.29, 1.82) is 0 Å². The van der Waals surface area contributed by atoms with Gasteiger partial charge in [-0.15, -0.1) is 0 Å². The van der Waals surface area contributed by atoms with Crippen LogP contribution in [0.1, 0.15) is 21.7 Å². The number of carbonyl (C=O) groups excluding carboxylic acids is 1. The van der Waals surface area contributed by atoms with E-state index in [0.717, 1.165) is 30.0 Å². The Morgan fingerprint density at radius 2 is 2.15 bits per heavy atom. The summed E-state index contributed by atoms with van der Waals surface area (Å²) in [6, 6.07) is 7.65. The zero-order chi connectivity index (χ0) is 18.2. The zero-order valence-electron chi connectivity index (χ0n) is 14.5. The van der Waals surface area contributed by atoms with Gasteiger partial charge in [-0.1, -0.05) is 6.07 Å². The molecule has 27 heavy (non-hydrogen) atoms. The van der Waals surface area contributed by atoms with Crippen LogP contribution in [0.2, 0.25) is 0 Å². The molecule has 5 rings (SSSR count). The van der Waals surface area contributed by atoms with E-state index in [1.54, 1.807) is 31.1 Å².